The first-order valence-corrected chi connectivity index (χ1v) is 8.73. The van der Waals surface area contributed by atoms with Gasteiger partial charge in [-0.05, 0) is 27.7 Å². The van der Waals surface area contributed by atoms with Crippen LogP contribution in [0.2, 0.25) is 0 Å². The Labute approximate surface area is 149 Å². The number of guanidine groups is 1. The van der Waals surface area contributed by atoms with E-state index in [1.165, 1.54) is 0 Å². The minimum atomic E-state index is -0.255. The molecule has 0 bridgehead atoms. The fourth-order valence-corrected chi connectivity index (χ4v) is 2.68. The van der Waals surface area contributed by atoms with Crippen LogP contribution in [0.4, 0.5) is 0 Å². The molecule has 8 nitrogen and oxygen atoms in total. The maximum Gasteiger partial charge on any atom is 0.242 e. The Bertz CT molecular complexity index is 605. The zero-order valence-corrected chi connectivity index (χ0v) is 15.9. The molecule has 2 heterocycles. The van der Waals surface area contributed by atoms with Crippen molar-refractivity contribution in [1.29, 1.82) is 0 Å². The third-order valence-electron chi connectivity index (χ3n) is 3.68. The molecule has 1 aliphatic rings. The largest absolute Gasteiger partial charge is 0.370 e. The number of nitrogens with zero attached hydrogens (tertiary/aromatic N) is 4. The van der Waals surface area contributed by atoms with Crippen LogP contribution in [-0.4, -0.2) is 64.9 Å². The van der Waals surface area contributed by atoms with Gasteiger partial charge in [0, 0.05) is 37.4 Å². The lowest BCUT2D eigenvalue weighted by molar-refractivity contribution is -0.121. The first-order chi connectivity index (χ1) is 11.8. The number of ether oxygens (including phenoxy) is 1. The summed E-state index contributed by atoms with van der Waals surface area (Å²) in [5.74, 6) is 0.656. The molecule has 0 aliphatic carbocycles. The molecule has 1 fully saturated rings. The average Bonchev–Trinajstić information content (AvgIpc) is 2.96. The quantitative estimate of drug-likeness (QED) is 0.616. The number of aliphatic imine (C=N–C) groups is 1. The zero-order chi connectivity index (χ0) is 18.4. The SMILES string of the molecule is CCNC(=NCC(=O)NC(C)(C)C)N1CCOC(c2cnn(C)c2)C1. The molecule has 1 aliphatic heterocycles. The van der Waals surface area contributed by atoms with Crippen LogP contribution in [0.15, 0.2) is 17.4 Å². The van der Waals surface area contributed by atoms with E-state index in [9.17, 15) is 4.79 Å². The number of aromatic nitrogens is 2. The minimum absolute atomic E-state index is 0.0466. The predicted molar refractivity (Wildman–Crippen MR) is 97.3 cm³/mol. The molecule has 1 aromatic rings. The molecule has 1 aromatic heterocycles. The number of nitrogens with one attached hydrogen (secondary N) is 2. The fourth-order valence-electron chi connectivity index (χ4n) is 2.68. The van der Waals surface area contributed by atoms with Crippen molar-refractivity contribution in [3.63, 3.8) is 0 Å². The highest BCUT2D eigenvalue weighted by molar-refractivity contribution is 5.85. The van der Waals surface area contributed by atoms with Crippen molar-refractivity contribution in [3.05, 3.63) is 18.0 Å². The molecule has 0 saturated carbocycles. The van der Waals surface area contributed by atoms with E-state index < -0.39 is 0 Å². The summed E-state index contributed by atoms with van der Waals surface area (Å²) in [6.07, 6.45) is 3.75. The molecule has 0 aromatic carbocycles. The molecule has 1 atom stereocenters. The lowest BCUT2D eigenvalue weighted by Crippen LogP contribution is -2.49. The van der Waals surface area contributed by atoms with E-state index in [-0.39, 0.29) is 24.1 Å². The Kier molecular flexibility index (Phi) is 6.41. The second-order valence-electron chi connectivity index (χ2n) is 7.22. The number of carbonyl (C=O) groups is 1. The zero-order valence-electron chi connectivity index (χ0n) is 15.9. The van der Waals surface area contributed by atoms with Gasteiger partial charge in [-0.1, -0.05) is 0 Å². The lowest BCUT2D eigenvalue weighted by atomic mass is 10.1. The fraction of sp³-hybridized carbons (Fsp3) is 0.706. The van der Waals surface area contributed by atoms with E-state index >= 15 is 0 Å². The van der Waals surface area contributed by atoms with Gasteiger partial charge in [-0.3, -0.25) is 9.48 Å². The topological polar surface area (TPSA) is 83.8 Å². The standard InChI is InChI=1S/C17H30N6O2/c1-6-18-16(19-10-15(24)21-17(2,3)4)23-7-8-25-14(12-23)13-9-20-22(5)11-13/h9,11,14H,6-8,10,12H2,1-5H3,(H,18,19)(H,21,24). The number of hydrogen-bond acceptors (Lipinski definition) is 4. The number of aryl methyl sites for hydroxylation is 1. The van der Waals surface area contributed by atoms with Gasteiger partial charge in [-0.2, -0.15) is 5.10 Å². The number of rotatable bonds is 4. The normalized spacial score (nSPS) is 19.0. The van der Waals surface area contributed by atoms with Crippen LogP contribution < -0.4 is 10.6 Å². The third-order valence-corrected chi connectivity index (χ3v) is 3.68. The van der Waals surface area contributed by atoms with Gasteiger partial charge in [0.25, 0.3) is 0 Å². The molecular formula is C17H30N6O2. The van der Waals surface area contributed by atoms with Crippen molar-refractivity contribution >= 4 is 11.9 Å². The summed E-state index contributed by atoms with van der Waals surface area (Å²) in [5, 5.41) is 10.4. The summed E-state index contributed by atoms with van der Waals surface area (Å²) in [7, 11) is 1.89. The maximum absolute atomic E-state index is 12.0. The number of amides is 1. The van der Waals surface area contributed by atoms with Crippen molar-refractivity contribution in [2.75, 3.05) is 32.8 Å². The molecule has 0 radical (unpaired) electrons. The Hall–Kier alpha value is -2.09. The molecule has 25 heavy (non-hydrogen) atoms. The maximum atomic E-state index is 12.0. The summed E-state index contributed by atoms with van der Waals surface area (Å²) in [6.45, 7) is 10.8. The number of morpholine rings is 1. The monoisotopic (exact) mass is 350 g/mol. The number of hydrogen-bond donors (Lipinski definition) is 2. The van der Waals surface area contributed by atoms with Crippen LogP contribution in [0.5, 0.6) is 0 Å². The summed E-state index contributed by atoms with van der Waals surface area (Å²) in [4.78, 5) is 18.7. The van der Waals surface area contributed by atoms with Crippen LogP contribution in [0.3, 0.4) is 0 Å². The first kappa shape index (κ1) is 19.2. The highest BCUT2D eigenvalue weighted by Crippen LogP contribution is 2.21. The smallest absolute Gasteiger partial charge is 0.242 e. The van der Waals surface area contributed by atoms with Gasteiger partial charge < -0.3 is 20.3 Å². The van der Waals surface area contributed by atoms with Crippen molar-refractivity contribution in [3.8, 4) is 0 Å². The third kappa shape index (κ3) is 6.04. The summed E-state index contributed by atoms with van der Waals surface area (Å²) >= 11 is 0. The van der Waals surface area contributed by atoms with Crippen LogP contribution in [0.1, 0.15) is 39.4 Å². The van der Waals surface area contributed by atoms with Crippen LogP contribution in [0, 0.1) is 0 Å². The Morgan fingerprint density at radius 2 is 2.24 bits per heavy atom. The Balaban J connectivity index is 2.02. The van der Waals surface area contributed by atoms with Crippen molar-refractivity contribution in [1.82, 2.24) is 25.3 Å². The van der Waals surface area contributed by atoms with Gasteiger partial charge in [0.05, 0.1) is 19.3 Å². The van der Waals surface area contributed by atoms with Crippen molar-refractivity contribution < 1.29 is 9.53 Å². The van der Waals surface area contributed by atoms with Gasteiger partial charge in [-0.25, -0.2) is 4.99 Å². The van der Waals surface area contributed by atoms with Crippen LogP contribution >= 0.6 is 0 Å². The molecule has 1 unspecified atom stereocenters. The number of carbonyl (C=O) groups excluding carboxylic acids is 1. The molecule has 0 spiro atoms. The second-order valence-corrected chi connectivity index (χ2v) is 7.22. The van der Waals surface area contributed by atoms with Gasteiger partial charge >= 0.3 is 0 Å². The van der Waals surface area contributed by atoms with E-state index in [0.29, 0.717) is 13.2 Å². The highest BCUT2D eigenvalue weighted by Gasteiger charge is 2.25. The Morgan fingerprint density at radius 1 is 1.48 bits per heavy atom. The average molecular weight is 350 g/mol. The van der Waals surface area contributed by atoms with Crippen molar-refractivity contribution in [2.24, 2.45) is 12.0 Å². The molecule has 140 valence electrons. The minimum Gasteiger partial charge on any atom is -0.370 e. The van der Waals surface area contributed by atoms with Gasteiger partial charge in [0.1, 0.15) is 12.6 Å². The van der Waals surface area contributed by atoms with E-state index in [4.69, 9.17) is 4.74 Å². The van der Waals surface area contributed by atoms with E-state index in [0.717, 1.165) is 24.6 Å². The molecule has 2 N–H and O–H groups in total. The van der Waals surface area contributed by atoms with Crippen LogP contribution in [0.25, 0.3) is 0 Å². The van der Waals surface area contributed by atoms with E-state index in [1.54, 1.807) is 4.68 Å². The summed E-state index contributed by atoms with van der Waals surface area (Å²) in [5.41, 5.74) is 0.795. The molecule has 1 saturated heterocycles. The van der Waals surface area contributed by atoms with Crippen LogP contribution in [-0.2, 0) is 16.6 Å². The van der Waals surface area contributed by atoms with Crippen molar-refractivity contribution in [2.45, 2.75) is 39.3 Å². The Morgan fingerprint density at radius 3 is 2.84 bits per heavy atom. The summed E-state index contributed by atoms with van der Waals surface area (Å²) in [6, 6.07) is 0. The predicted octanol–water partition coefficient (Wildman–Crippen LogP) is 0.674. The molecule has 8 heteroatoms. The molecular weight excluding hydrogens is 320 g/mol. The first-order valence-electron chi connectivity index (χ1n) is 8.73. The molecule has 2 rings (SSSR count). The van der Waals surface area contributed by atoms with Gasteiger partial charge in [0.2, 0.25) is 5.91 Å². The van der Waals surface area contributed by atoms with Gasteiger partial charge in [0.15, 0.2) is 5.96 Å². The lowest BCUT2D eigenvalue weighted by Gasteiger charge is -2.34. The van der Waals surface area contributed by atoms with E-state index in [2.05, 4.69) is 25.6 Å². The highest BCUT2D eigenvalue weighted by atomic mass is 16.5. The van der Waals surface area contributed by atoms with E-state index in [1.807, 2.05) is 47.1 Å². The summed E-state index contributed by atoms with van der Waals surface area (Å²) < 4.78 is 7.64. The molecule has 1 amide bonds. The second kappa shape index (κ2) is 8.33. The van der Waals surface area contributed by atoms with Gasteiger partial charge in [-0.15, -0.1) is 0 Å².